The minimum Gasteiger partial charge on any atom is -0.340 e. The van der Waals surface area contributed by atoms with Crippen molar-refractivity contribution in [3.63, 3.8) is 0 Å². The van der Waals surface area contributed by atoms with Gasteiger partial charge in [-0.3, -0.25) is 4.79 Å². The summed E-state index contributed by atoms with van der Waals surface area (Å²) in [6.07, 6.45) is 3.78. The number of nitrogens with zero attached hydrogens (tertiary/aromatic N) is 3. The van der Waals surface area contributed by atoms with E-state index >= 15 is 0 Å². The maximum Gasteiger partial charge on any atom is 0.280 e. The number of thiophene rings is 1. The summed E-state index contributed by atoms with van der Waals surface area (Å²) in [6.45, 7) is 0. The first kappa shape index (κ1) is 21.9. The van der Waals surface area contributed by atoms with Gasteiger partial charge in [0.25, 0.3) is 10.2 Å². The molecule has 2 atom stereocenters. The molecule has 1 fully saturated rings. The number of rotatable bonds is 4. The summed E-state index contributed by atoms with van der Waals surface area (Å²) in [4.78, 5) is 18.0. The van der Waals surface area contributed by atoms with Crippen molar-refractivity contribution in [2.24, 2.45) is 7.05 Å². The number of hydrogen-bond donors (Lipinski definition) is 2. The first-order valence-electron chi connectivity index (χ1n) is 9.22. The summed E-state index contributed by atoms with van der Waals surface area (Å²) < 4.78 is 44.2. The van der Waals surface area contributed by atoms with Crippen molar-refractivity contribution in [2.75, 3.05) is 12.4 Å². The molecule has 1 amide bonds. The van der Waals surface area contributed by atoms with Crippen LogP contribution in [0.15, 0.2) is 42.2 Å². The van der Waals surface area contributed by atoms with E-state index in [4.69, 9.17) is 11.6 Å². The van der Waals surface area contributed by atoms with E-state index in [-0.39, 0.29) is 17.1 Å². The van der Waals surface area contributed by atoms with Gasteiger partial charge in [-0.1, -0.05) is 11.6 Å². The fraction of sp³-hybridized carbons (Fsp3) is 0.263. The van der Waals surface area contributed by atoms with Crippen LogP contribution >= 0.6 is 22.9 Å². The second kappa shape index (κ2) is 8.32. The predicted octanol–water partition coefficient (Wildman–Crippen LogP) is 3.16. The lowest BCUT2D eigenvalue weighted by atomic mass is 10.0. The number of halogens is 2. The van der Waals surface area contributed by atoms with Crippen LogP contribution in [0.3, 0.4) is 0 Å². The lowest BCUT2D eigenvalue weighted by molar-refractivity contribution is -0.120. The number of imidazole rings is 1. The Morgan fingerprint density at radius 1 is 1.35 bits per heavy atom. The van der Waals surface area contributed by atoms with Crippen LogP contribution in [-0.4, -0.2) is 41.3 Å². The standard InChI is InChI=1S/C19H19ClFN5O3S2/c1-25-8-16(22-10-25)11-5-18(30-9-11)15-7-17(26(2)31(28,29)24-15)19(27)23-12-3-4-14(21)13(20)6-12/h3-6,8-10,15,17,24H,7H2,1-2H3,(H,23,27)/t15-,17+/m1/s1. The number of amides is 1. The number of hydrogen-bond acceptors (Lipinski definition) is 5. The molecule has 3 aromatic rings. The molecular formula is C19H19ClFN5O3S2. The zero-order valence-electron chi connectivity index (χ0n) is 16.5. The highest BCUT2D eigenvalue weighted by Gasteiger charge is 2.41. The normalized spacial score (nSPS) is 21.2. The Morgan fingerprint density at radius 2 is 2.13 bits per heavy atom. The number of benzene rings is 1. The van der Waals surface area contributed by atoms with Gasteiger partial charge in [-0.2, -0.15) is 17.4 Å². The summed E-state index contributed by atoms with van der Waals surface area (Å²) >= 11 is 7.16. The molecule has 1 aromatic carbocycles. The maximum absolute atomic E-state index is 13.4. The van der Waals surface area contributed by atoms with E-state index in [0.29, 0.717) is 0 Å². The molecule has 4 rings (SSSR count). The summed E-state index contributed by atoms with van der Waals surface area (Å²) in [6, 6.07) is 4.12. The fourth-order valence-electron chi connectivity index (χ4n) is 3.33. The Labute approximate surface area is 187 Å². The van der Waals surface area contributed by atoms with Crippen molar-refractivity contribution < 1.29 is 17.6 Å². The molecule has 12 heteroatoms. The van der Waals surface area contributed by atoms with Gasteiger partial charge in [-0.05, 0) is 30.7 Å². The summed E-state index contributed by atoms with van der Waals surface area (Å²) in [5, 5.41) is 4.39. The van der Waals surface area contributed by atoms with Crippen LogP contribution < -0.4 is 10.0 Å². The Kier molecular flexibility index (Phi) is 5.88. The third-order valence-corrected chi connectivity index (χ3v) is 7.95. The molecule has 31 heavy (non-hydrogen) atoms. The van der Waals surface area contributed by atoms with Crippen LogP contribution in [0, 0.1) is 5.82 Å². The van der Waals surface area contributed by atoms with Crippen LogP contribution in [-0.2, 0) is 22.1 Å². The molecular weight excluding hydrogens is 465 g/mol. The van der Waals surface area contributed by atoms with Gasteiger partial charge in [-0.15, -0.1) is 11.3 Å². The van der Waals surface area contributed by atoms with Crippen LogP contribution in [0.1, 0.15) is 17.3 Å². The molecule has 1 aliphatic heterocycles. The Hall–Kier alpha value is -2.31. The Balaban J connectivity index is 1.57. The smallest absolute Gasteiger partial charge is 0.280 e. The SMILES string of the molecule is CN1[C@H](C(=O)Nc2ccc(F)c(Cl)c2)C[C@H](c2cc(-c3cn(C)cn3)cs2)NS1(=O)=O. The molecule has 164 valence electrons. The van der Waals surface area contributed by atoms with Gasteiger partial charge in [0.15, 0.2) is 0 Å². The Morgan fingerprint density at radius 3 is 2.81 bits per heavy atom. The van der Waals surface area contributed by atoms with Gasteiger partial charge in [-0.25, -0.2) is 9.37 Å². The van der Waals surface area contributed by atoms with Gasteiger partial charge in [0.05, 0.1) is 23.1 Å². The monoisotopic (exact) mass is 483 g/mol. The quantitative estimate of drug-likeness (QED) is 0.595. The van der Waals surface area contributed by atoms with Crippen molar-refractivity contribution in [1.29, 1.82) is 0 Å². The average Bonchev–Trinajstić information content (AvgIpc) is 3.35. The van der Waals surface area contributed by atoms with Gasteiger partial charge >= 0.3 is 0 Å². The van der Waals surface area contributed by atoms with E-state index < -0.39 is 34.0 Å². The molecule has 2 aromatic heterocycles. The van der Waals surface area contributed by atoms with Crippen molar-refractivity contribution in [3.05, 3.63) is 57.9 Å². The largest absolute Gasteiger partial charge is 0.340 e. The number of likely N-dealkylation sites (N-methyl/N-ethyl adjacent to an activating group) is 1. The number of aromatic nitrogens is 2. The molecule has 2 N–H and O–H groups in total. The summed E-state index contributed by atoms with van der Waals surface area (Å²) in [5.41, 5.74) is 1.94. The van der Waals surface area contributed by atoms with Crippen molar-refractivity contribution in [1.82, 2.24) is 18.6 Å². The topological polar surface area (TPSA) is 96.3 Å². The van der Waals surface area contributed by atoms with Crippen LogP contribution in [0.25, 0.3) is 11.3 Å². The molecule has 0 aliphatic carbocycles. The molecule has 0 unspecified atom stereocenters. The summed E-state index contributed by atoms with van der Waals surface area (Å²) in [5.74, 6) is -1.13. The maximum atomic E-state index is 13.4. The minimum atomic E-state index is -3.89. The first-order chi connectivity index (χ1) is 14.6. The number of anilines is 1. The number of nitrogens with one attached hydrogen (secondary N) is 2. The van der Waals surface area contributed by atoms with Crippen LogP contribution in [0.2, 0.25) is 5.02 Å². The van der Waals surface area contributed by atoms with E-state index in [2.05, 4.69) is 15.0 Å². The molecule has 1 aliphatic rings. The second-order valence-corrected chi connectivity index (χ2v) is 10.3. The van der Waals surface area contributed by atoms with E-state index in [1.165, 1.54) is 30.5 Å². The molecule has 0 radical (unpaired) electrons. The zero-order valence-corrected chi connectivity index (χ0v) is 18.9. The molecule has 8 nitrogen and oxygen atoms in total. The van der Waals surface area contributed by atoms with Gasteiger partial charge in [0.1, 0.15) is 11.9 Å². The first-order valence-corrected chi connectivity index (χ1v) is 11.9. The second-order valence-electron chi connectivity index (χ2n) is 7.22. The van der Waals surface area contributed by atoms with Gasteiger partial charge in [0.2, 0.25) is 5.91 Å². The van der Waals surface area contributed by atoms with Crippen LogP contribution in [0.4, 0.5) is 10.1 Å². The minimum absolute atomic E-state index is 0.136. The number of aryl methyl sites for hydroxylation is 1. The average molecular weight is 484 g/mol. The number of carbonyl (C=O) groups excluding carboxylic acids is 1. The Bertz CT molecular complexity index is 1240. The highest BCUT2D eigenvalue weighted by Crippen LogP contribution is 2.34. The predicted molar refractivity (Wildman–Crippen MR) is 118 cm³/mol. The molecule has 0 bridgehead atoms. The van der Waals surface area contributed by atoms with E-state index in [1.54, 1.807) is 6.33 Å². The van der Waals surface area contributed by atoms with Crippen molar-refractivity contribution in [2.45, 2.75) is 18.5 Å². The molecule has 0 spiro atoms. The number of carbonyl (C=O) groups is 1. The highest BCUT2D eigenvalue weighted by molar-refractivity contribution is 7.87. The van der Waals surface area contributed by atoms with E-state index in [1.807, 2.05) is 29.3 Å². The summed E-state index contributed by atoms with van der Waals surface area (Å²) in [7, 11) is -0.679. The van der Waals surface area contributed by atoms with Crippen LogP contribution in [0.5, 0.6) is 0 Å². The molecule has 3 heterocycles. The lowest BCUT2D eigenvalue weighted by Gasteiger charge is -2.35. The lowest BCUT2D eigenvalue weighted by Crippen LogP contribution is -2.55. The van der Waals surface area contributed by atoms with Crippen molar-refractivity contribution in [3.8, 4) is 11.3 Å². The van der Waals surface area contributed by atoms with E-state index in [9.17, 15) is 17.6 Å². The van der Waals surface area contributed by atoms with Crippen molar-refractivity contribution >= 4 is 44.7 Å². The van der Waals surface area contributed by atoms with Gasteiger partial charge in [0, 0.05) is 41.8 Å². The fourth-order valence-corrected chi connectivity index (χ4v) is 5.82. The third kappa shape index (κ3) is 4.51. The van der Waals surface area contributed by atoms with E-state index in [0.717, 1.165) is 26.5 Å². The molecule has 1 saturated heterocycles. The molecule has 0 saturated carbocycles. The third-order valence-electron chi connectivity index (χ3n) is 5.02. The highest BCUT2D eigenvalue weighted by atomic mass is 35.5. The zero-order chi connectivity index (χ0) is 22.3. The van der Waals surface area contributed by atoms with Gasteiger partial charge < -0.3 is 9.88 Å².